The minimum Gasteiger partial charge on any atom is -0.329 e. The summed E-state index contributed by atoms with van der Waals surface area (Å²) >= 11 is 0. The fourth-order valence-electron chi connectivity index (χ4n) is 2.42. The maximum absolute atomic E-state index is 13.8. The first-order valence-corrected chi connectivity index (χ1v) is 7.39. The fraction of sp³-hybridized carbons (Fsp3) is 0.500. The Bertz CT molecular complexity index is 525. The molecule has 0 bridgehead atoms. The van der Waals surface area contributed by atoms with Gasteiger partial charge in [-0.2, -0.15) is 4.31 Å². The fourth-order valence-corrected chi connectivity index (χ4v) is 4.40. The van der Waals surface area contributed by atoms with E-state index in [0.717, 1.165) is 12.8 Å². The number of nitrogens with two attached hydrogens (primary N) is 1. The van der Waals surface area contributed by atoms with E-state index in [0.29, 0.717) is 12.1 Å². The van der Waals surface area contributed by atoms with Crippen molar-refractivity contribution in [2.75, 3.05) is 13.1 Å². The van der Waals surface area contributed by atoms with Gasteiger partial charge in [0.05, 0.1) is 0 Å². The summed E-state index contributed by atoms with van der Waals surface area (Å²) in [6.07, 6.45) is 1.51. The molecule has 2 N–H and O–H groups in total. The van der Waals surface area contributed by atoms with E-state index in [-0.39, 0.29) is 17.5 Å². The van der Waals surface area contributed by atoms with E-state index in [1.54, 1.807) is 13.0 Å². The molecule has 1 aromatic carbocycles. The number of nitrogens with zero attached hydrogens (tertiary/aromatic N) is 1. The van der Waals surface area contributed by atoms with Gasteiger partial charge in [-0.3, -0.25) is 0 Å². The standard InChI is InChI=1S/C12H17FN2O2S/c1-9-4-2-6-11(13)12(9)18(16,17)15-7-3-5-10(15)8-14/h2,4,6,10H,3,5,7-8,14H2,1H3. The molecular weight excluding hydrogens is 255 g/mol. The van der Waals surface area contributed by atoms with Crippen molar-refractivity contribution in [1.29, 1.82) is 0 Å². The van der Waals surface area contributed by atoms with Crippen molar-refractivity contribution in [2.24, 2.45) is 5.73 Å². The maximum atomic E-state index is 13.8. The van der Waals surface area contributed by atoms with E-state index >= 15 is 0 Å². The minimum absolute atomic E-state index is 0.214. The third-order valence-corrected chi connectivity index (χ3v) is 5.46. The zero-order chi connectivity index (χ0) is 13.3. The molecule has 0 spiro atoms. The predicted octanol–water partition coefficient (Wildman–Crippen LogP) is 1.25. The smallest absolute Gasteiger partial charge is 0.246 e. The predicted molar refractivity (Wildman–Crippen MR) is 67.1 cm³/mol. The van der Waals surface area contributed by atoms with E-state index in [9.17, 15) is 12.8 Å². The Hall–Kier alpha value is -0.980. The monoisotopic (exact) mass is 272 g/mol. The lowest BCUT2D eigenvalue weighted by molar-refractivity contribution is 0.390. The molecule has 4 nitrogen and oxygen atoms in total. The lowest BCUT2D eigenvalue weighted by atomic mass is 10.2. The van der Waals surface area contributed by atoms with Crippen LogP contribution in [0, 0.1) is 12.7 Å². The largest absolute Gasteiger partial charge is 0.329 e. The van der Waals surface area contributed by atoms with Gasteiger partial charge in [-0.05, 0) is 31.4 Å². The van der Waals surface area contributed by atoms with Crippen molar-refractivity contribution >= 4 is 10.0 Å². The molecule has 1 atom stereocenters. The third-order valence-electron chi connectivity index (χ3n) is 3.33. The molecule has 1 aromatic rings. The normalized spacial score (nSPS) is 21.4. The van der Waals surface area contributed by atoms with E-state index in [1.165, 1.54) is 16.4 Å². The van der Waals surface area contributed by atoms with Crippen molar-refractivity contribution in [3.8, 4) is 0 Å². The highest BCUT2D eigenvalue weighted by atomic mass is 32.2. The summed E-state index contributed by atoms with van der Waals surface area (Å²) in [5, 5.41) is 0. The molecule has 0 aliphatic carbocycles. The molecule has 0 saturated carbocycles. The van der Waals surface area contributed by atoms with Crippen LogP contribution >= 0.6 is 0 Å². The average molecular weight is 272 g/mol. The quantitative estimate of drug-likeness (QED) is 0.900. The summed E-state index contributed by atoms with van der Waals surface area (Å²) in [6, 6.07) is 4.07. The van der Waals surface area contributed by atoms with Gasteiger partial charge in [-0.1, -0.05) is 12.1 Å². The van der Waals surface area contributed by atoms with E-state index in [2.05, 4.69) is 0 Å². The van der Waals surface area contributed by atoms with Crippen LogP contribution in [0.25, 0.3) is 0 Å². The summed E-state index contributed by atoms with van der Waals surface area (Å²) < 4.78 is 40.1. The van der Waals surface area contributed by atoms with Crippen LogP contribution in [0.5, 0.6) is 0 Å². The molecule has 100 valence electrons. The lowest BCUT2D eigenvalue weighted by Crippen LogP contribution is -2.40. The van der Waals surface area contributed by atoms with E-state index in [4.69, 9.17) is 5.73 Å². The Morgan fingerprint density at radius 3 is 2.83 bits per heavy atom. The topological polar surface area (TPSA) is 63.4 Å². The van der Waals surface area contributed by atoms with Crippen LogP contribution in [0.2, 0.25) is 0 Å². The second-order valence-electron chi connectivity index (χ2n) is 4.53. The molecule has 0 amide bonds. The van der Waals surface area contributed by atoms with Gasteiger partial charge in [0.2, 0.25) is 10.0 Å². The number of hydrogen-bond donors (Lipinski definition) is 1. The number of benzene rings is 1. The van der Waals surface area contributed by atoms with Gasteiger partial charge >= 0.3 is 0 Å². The molecule has 1 aliphatic heterocycles. The van der Waals surface area contributed by atoms with Crippen LogP contribution < -0.4 is 5.73 Å². The highest BCUT2D eigenvalue weighted by Crippen LogP contribution is 2.28. The minimum atomic E-state index is -3.78. The van der Waals surface area contributed by atoms with Crippen molar-refractivity contribution in [3.63, 3.8) is 0 Å². The third kappa shape index (κ3) is 2.15. The molecule has 1 fully saturated rings. The number of hydrogen-bond acceptors (Lipinski definition) is 3. The van der Waals surface area contributed by atoms with Gasteiger partial charge in [-0.25, -0.2) is 12.8 Å². The van der Waals surface area contributed by atoms with Crippen molar-refractivity contribution < 1.29 is 12.8 Å². The van der Waals surface area contributed by atoms with E-state index < -0.39 is 15.8 Å². The summed E-state index contributed by atoms with van der Waals surface area (Å²) in [5.74, 6) is -0.697. The first-order chi connectivity index (χ1) is 8.48. The van der Waals surface area contributed by atoms with Gasteiger partial charge in [0.1, 0.15) is 10.7 Å². The van der Waals surface area contributed by atoms with Gasteiger partial charge < -0.3 is 5.73 Å². The van der Waals surface area contributed by atoms with Crippen molar-refractivity contribution in [2.45, 2.75) is 30.7 Å². The highest BCUT2D eigenvalue weighted by Gasteiger charge is 2.36. The second-order valence-corrected chi connectivity index (χ2v) is 6.36. The molecule has 0 radical (unpaired) electrons. The van der Waals surface area contributed by atoms with Crippen LogP contribution in [-0.4, -0.2) is 31.9 Å². The van der Waals surface area contributed by atoms with Crippen molar-refractivity contribution in [3.05, 3.63) is 29.6 Å². The maximum Gasteiger partial charge on any atom is 0.246 e. The Kier molecular flexibility index (Phi) is 3.70. The summed E-state index contributed by atoms with van der Waals surface area (Å²) in [5.41, 5.74) is 6.00. The molecule has 18 heavy (non-hydrogen) atoms. The van der Waals surface area contributed by atoms with Crippen molar-refractivity contribution in [1.82, 2.24) is 4.31 Å². The molecule has 1 saturated heterocycles. The average Bonchev–Trinajstić information content (AvgIpc) is 2.77. The SMILES string of the molecule is Cc1cccc(F)c1S(=O)(=O)N1CCCC1CN. The molecule has 2 rings (SSSR count). The summed E-state index contributed by atoms with van der Waals surface area (Å²) in [4.78, 5) is -0.217. The molecule has 1 aliphatic rings. The number of rotatable bonds is 3. The van der Waals surface area contributed by atoms with Gasteiger partial charge in [0.15, 0.2) is 0 Å². The van der Waals surface area contributed by atoms with Gasteiger partial charge in [0.25, 0.3) is 0 Å². The Morgan fingerprint density at radius 1 is 1.50 bits per heavy atom. The van der Waals surface area contributed by atoms with E-state index in [1.807, 2.05) is 0 Å². The van der Waals surface area contributed by atoms with Crippen LogP contribution in [0.1, 0.15) is 18.4 Å². The number of halogens is 1. The van der Waals surface area contributed by atoms with Crippen LogP contribution in [0.3, 0.4) is 0 Å². The van der Waals surface area contributed by atoms with Crippen LogP contribution in [0.4, 0.5) is 4.39 Å². The second kappa shape index (κ2) is 4.95. The zero-order valence-electron chi connectivity index (χ0n) is 10.3. The molecule has 6 heteroatoms. The van der Waals surface area contributed by atoms with Crippen LogP contribution in [0.15, 0.2) is 23.1 Å². The molecular formula is C12H17FN2O2S. The van der Waals surface area contributed by atoms with Gasteiger partial charge in [0, 0.05) is 19.1 Å². The Morgan fingerprint density at radius 2 is 2.22 bits per heavy atom. The summed E-state index contributed by atoms with van der Waals surface area (Å²) in [6.45, 7) is 2.29. The Balaban J connectivity index is 2.49. The first kappa shape index (κ1) is 13.5. The molecule has 1 heterocycles. The lowest BCUT2D eigenvalue weighted by Gasteiger charge is -2.23. The Labute approximate surface area is 107 Å². The molecule has 0 aromatic heterocycles. The summed E-state index contributed by atoms with van der Waals surface area (Å²) in [7, 11) is -3.78. The zero-order valence-corrected chi connectivity index (χ0v) is 11.1. The number of aryl methyl sites for hydroxylation is 1. The molecule has 1 unspecified atom stereocenters. The van der Waals surface area contributed by atoms with Gasteiger partial charge in [-0.15, -0.1) is 0 Å². The first-order valence-electron chi connectivity index (χ1n) is 5.95. The highest BCUT2D eigenvalue weighted by molar-refractivity contribution is 7.89. The van der Waals surface area contributed by atoms with Crippen LogP contribution in [-0.2, 0) is 10.0 Å². The number of sulfonamides is 1.